The lowest BCUT2D eigenvalue weighted by molar-refractivity contribution is 0.0500. The summed E-state index contributed by atoms with van der Waals surface area (Å²) >= 11 is 0. The second kappa shape index (κ2) is 5.10. The van der Waals surface area contributed by atoms with E-state index in [0.717, 1.165) is 26.2 Å². The molecule has 2 aliphatic heterocycles. The molecule has 0 spiro atoms. The lowest BCUT2D eigenvalue weighted by Gasteiger charge is -2.30. The van der Waals surface area contributed by atoms with E-state index in [4.69, 9.17) is 4.74 Å². The molecule has 2 atom stereocenters. The minimum Gasteiger partial charge on any atom is -0.391 e. The summed E-state index contributed by atoms with van der Waals surface area (Å²) in [6.07, 6.45) is 4.83. The fourth-order valence-electron chi connectivity index (χ4n) is 2.41. The molecule has 14 heavy (non-hydrogen) atoms. The van der Waals surface area contributed by atoms with Crippen molar-refractivity contribution in [1.82, 2.24) is 4.90 Å². The van der Waals surface area contributed by atoms with Gasteiger partial charge in [0.1, 0.15) is 0 Å². The molecule has 0 aliphatic carbocycles. The summed E-state index contributed by atoms with van der Waals surface area (Å²) in [5, 5.41) is 9.98. The van der Waals surface area contributed by atoms with Crippen LogP contribution in [0.2, 0.25) is 0 Å². The zero-order chi connectivity index (χ0) is 9.80. The van der Waals surface area contributed by atoms with E-state index in [2.05, 4.69) is 4.90 Å². The number of hydrogen-bond donors (Lipinski definition) is 1. The maximum absolute atomic E-state index is 9.98. The number of ether oxygens (including phenoxy) is 1. The second-order valence-corrected chi connectivity index (χ2v) is 4.55. The van der Waals surface area contributed by atoms with Gasteiger partial charge < -0.3 is 14.7 Å². The molecular formula is C11H21NO2. The fraction of sp³-hybridized carbons (Fsp3) is 1.00. The molecule has 0 saturated carbocycles. The normalized spacial score (nSPS) is 31.9. The van der Waals surface area contributed by atoms with Crippen molar-refractivity contribution in [2.75, 3.05) is 32.8 Å². The van der Waals surface area contributed by atoms with E-state index in [1.54, 1.807) is 0 Å². The van der Waals surface area contributed by atoms with Crippen LogP contribution in [-0.4, -0.2) is 49.0 Å². The van der Waals surface area contributed by atoms with Crippen LogP contribution in [-0.2, 0) is 4.74 Å². The molecule has 0 bridgehead atoms. The molecule has 2 unspecified atom stereocenters. The molecule has 0 aromatic heterocycles. The van der Waals surface area contributed by atoms with Gasteiger partial charge in [0.2, 0.25) is 0 Å². The molecule has 2 saturated heterocycles. The average molecular weight is 199 g/mol. The number of aliphatic hydroxyl groups excluding tert-OH is 1. The van der Waals surface area contributed by atoms with Gasteiger partial charge in [-0.25, -0.2) is 0 Å². The van der Waals surface area contributed by atoms with Crippen LogP contribution in [0.5, 0.6) is 0 Å². The Bertz CT molecular complexity index is 163. The van der Waals surface area contributed by atoms with Crippen molar-refractivity contribution >= 4 is 0 Å². The highest BCUT2D eigenvalue weighted by molar-refractivity contribution is 4.77. The highest BCUT2D eigenvalue weighted by Gasteiger charge is 2.25. The highest BCUT2D eigenvalue weighted by Crippen LogP contribution is 2.18. The van der Waals surface area contributed by atoms with Crippen LogP contribution in [0.4, 0.5) is 0 Å². The van der Waals surface area contributed by atoms with E-state index in [1.165, 1.54) is 32.4 Å². The largest absolute Gasteiger partial charge is 0.391 e. The van der Waals surface area contributed by atoms with Crippen LogP contribution >= 0.6 is 0 Å². The number of likely N-dealkylation sites (tertiary alicyclic amines) is 1. The standard InChI is InChI=1S/C11H21NO2/c13-11(10-4-7-14-9-10)8-12-5-2-1-3-6-12/h10-11,13H,1-9H2. The van der Waals surface area contributed by atoms with Crippen molar-refractivity contribution in [3.05, 3.63) is 0 Å². The number of β-amino-alcohol motifs (C(OH)–C–C–N with tert-alkyl or cyclic N) is 1. The predicted octanol–water partition coefficient (Wildman–Crippen LogP) is 0.870. The molecular weight excluding hydrogens is 178 g/mol. The molecule has 0 aromatic carbocycles. The Hall–Kier alpha value is -0.120. The highest BCUT2D eigenvalue weighted by atomic mass is 16.5. The van der Waals surface area contributed by atoms with Gasteiger partial charge >= 0.3 is 0 Å². The summed E-state index contributed by atoms with van der Waals surface area (Å²) in [6, 6.07) is 0. The first-order valence-electron chi connectivity index (χ1n) is 5.84. The van der Waals surface area contributed by atoms with Gasteiger partial charge in [-0.15, -0.1) is 0 Å². The van der Waals surface area contributed by atoms with E-state index in [0.29, 0.717) is 5.92 Å². The Morgan fingerprint density at radius 3 is 2.71 bits per heavy atom. The molecule has 1 N–H and O–H groups in total. The van der Waals surface area contributed by atoms with Gasteiger partial charge in [-0.3, -0.25) is 0 Å². The van der Waals surface area contributed by atoms with E-state index in [1.807, 2.05) is 0 Å². The molecule has 2 aliphatic rings. The maximum atomic E-state index is 9.98. The minimum absolute atomic E-state index is 0.171. The molecule has 2 rings (SSSR count). The maximum Gasteiger partial charge on any atom is 0.0718 e. The molecule has 3 heteroatoms. The topological polar surface area (TPSA) is 32.7 Å². The van der Waals surface area contributed by atoms with E-state index in [9.17, 15) is 5.11 Å². The molecule has 0 amide bonds. The molecule has 0 radical (unpaired) electrons. The Morgan fingerprint density at radius 2 is 2.07 bits per heavy atom. The number of rotatable bonds is 3. The van der Waals surface area contributed by atoms with Gasteiger partial charge in [0, 0.05) is 19.1 Å². The SMILES string of the molecule is OC(CN1CCCCC1)C1CCOC1. The molecule has 2 fully saturated rings. The van der Waals surface area contributed by atoms with Gasteiger partial charge in [0.25, 0.3) is 0 Å². The van der Waals surface area contributed by atoms with Gasteiger partial charge in [-0.2, -0.15) is 0 Å². The van der Waals surface area contributed by atoms with Crippen molar-refractivity contribution < 1.29 is 9.84 Å². The van der Waals surface area contributed by atoms with E-state index >= 15 is 0 Å². The van der Waals surface area contributed by atoms with Crippen LogP contribution in [0, 0.1) is 5.92 Å². The lowest BCUT2D eigenvalue weighted by atomic mass is 10.0. The fourth-order valence-corrected chi connectivity index (χ4v) is 2.41. The van der Waals surface area contributed by atoms with Gasteiger partial charge in [0.15, 0.2) is 0 Å². The summed E-state index contributed by atoms with van der Waals surface area (Å²) in [5.74, 6) is 0.386. The average Bonchev–Trinajstić information content (AvgIpc) is 2.72. The molecule has 2 heterocycles. The molecule has 0 aromatic rings. The first kappa shape index (κ1) is 10.4. The van der Waals surface area contributed by atoms with Crippen LogP contribution in [0.15, 0.2) is 0 Å². The van der Waals surface area contributed by atoms with Gasteiger partial charge in [-0.05, 0) is 32.4 Å². The van der Waals surface area contributed by atoms with Crippen molar-refractivity contribution in [3.8, 4) is 0 Å². The van der Waals surface area contributed by atoms with Gasteiger partial charge in [0.05, 0.1) is 12.7 Å². The second-order valence-electron chi connectivity index (χ2n) is 4.55. The first-order valence-corrected chi connectivity index (χ1v) is 5.84. The Labute approximate surface area is 86.0 Å². The van der Waals surface area contributed by atoms with Gasteiger partial charge in [-0.1, -0.05) is 6.42 Å². The molecule has 3 nitrogen and oxygen atoms in total. The van der Waals surface area contributed by atoms with Crippen molar-refractivity contribution in [3.63, 3.8) is 0 Å². The number of hydrogen-bond acceptors (Lipinski definition) is 3. The number of piperidine rings is 1. The smallest absolute Gasteiger partial charge is 0.0718 e. The first-order chi connectivity index (χ1) is 6.86. The summed E-state index contributed by atoms with van der Waals surface area (Å²) < 4.78 is 5.29. The predicted molar refractivity (Wildman–Crippen MR) is 55.2 cm³/mol. The number of nitrogens with zero attached hydrogens (tertiary/aromatic N) is 1. The minimum atomic E-state index is -0.171. The zero-order valence-corrected chi connectivity index (χ0v) is 8.82. The third-order valence-corrected chi connectivity index (χ3v) is 3.40. The number of aliphatic hydroxyl groups is 1. The van der Waals surface area contributed by atoms with Crippen molar-refractivity contribution in [2.45, 2.75) is 31.8 Å². The summed E-state index contributed by atoms with van der Waals surface area (Å²) in [4.78, 5) is 2.40. The summed E-state index contributed by atoms with van der Waals surface area (Å²) in [5.41, 5.74) is 0. The third kappa shape index (κ3) is 2.69. The van der Waals surface area contributed by atoms with Crippen LogP contribution in [0.3, 0.4) is 0 Å². The van der Waals surface area contributed by atoms with Crippen molar-refractivity contribution in [2.24, 2.45) is 5.92 Å². The Balaban J connectivity index is 1.72. The summed E-state index contributed by atoms with van der Waals surface area (Å²) in [6.45, 7) is 4.79. The Kier molecular flexibility index (Phi) is 3.79. The summed E-state index contributed by atoms with van der Waals surface area (Å²) in [7, 11) is 0. The molecule has 82 valence electrons. The Morgan fingerprint density at radius 1 is 1.29 bits per heavy atom. The van der Waals surface area contributed by atoms with Crippen molar-refractivity contribution in [1.29, 1.82) is 0 Å². The lowest BCUT2D eigenvalue weighted by Crippen LogP contribution is -2.39. The monoisotopic (exact) mass is 199 g/mol. The van der Waals surface area contributed by atoms with Crippen LogP contribution < -0.4 is 0 Å². The quantitative estimate of drug-likeness (QED) is 0.732. The third-order valence-electron chi connectivity index (χ3n) is 3.40. The van der Waals surface area contributed by atoms with E-state index < -0.39 is 0 Å². The van der Waals surface area contributed by atoms with Crippen LogP contribution in [0.1, 0.15) is 25.7 Å². The zero-order valence-electron chi connectivity index (χ0n) is 8.82. The van der Waals surface area contributed by atoms with E-state index in [-0.39, 0.29) is 6.10 Å². The van der Waals surface area contributed by atoms with Crippen LogP contribution in [0.25, 0.3) is 0 Å².